The van der Waals surface area contributed by atoms with Crippen LogP contribution in [0.4, 0.5) is 0 Å². The molecule has 0 fully saturated rings. The van der Waals surface area contributed by atoms with Gasteiger partial charge in [0.15, 0.2) is 6.61 Å². The van der Waals surface area contributed by atoms with Crippen LogP contribution in [-0.2, 0) is 16.1 Å². The van der Waals surface area contributed by atoms with Gasteiger partial charge in [-0.2, -0.15) is 0 Å². The van der Waals surface area contributed by atoms with Crippen molar-refractivity contribution >= 4 is 28.4 Å². The molecule has 1 heterocycles. The summed E-state index contributed by atoms with van der Waals surface area (Å²) in [6.45, 7) is 0.618. The minimum atomic E-state index is -0.271. The van der Waals surface area contributed by atoms with Gasteiger partial charge in [-0.05, 0) is 24.3 Å². The molecule has 3 rings (SSSR count). The van der Waals surface area contributed by atoms with E-state index in [0.29, 0.717) is 40.7 Å². The molecule has 0 radical (unpaired) electrons. The van der Waals surface area contributed by atoms with Gasteiger partial charge in [0.2, 0.25) is 0 Å². The van der Waals surface area contributed by atoms with E-state index < -0.39 is 0 Å². The number of halogens is 1. The lowest BCUT2D eigenvalue weighted by molar-refractivity contribution is -0.134. The summed E-state index contributed by atoms with van der Waals surface area (Å²) in [4.78, 5) is 33.6. The number of benzene rings is 2. The first-order chi connectivity index (χ1) is 13.6. The third kappa shape index (κ3) is 4.88. The molecule has 28 heavy (non-hydrogen) atoms. The van der Waals surface area contributed by atoms with E-state index >= 15 is 0 Å². The topological polar surface area (TPSA) is 84.5 Å². The number of H-pyrrole nitrogens is 1. The number of ether oxygens (including phenoxy) is 2. The summed E-state index contributed by atoms with van der Waals surface area (Å²) in [5.74, 6) is 0.556. The lowest BCUT2D eigenvalue weighted by Crippen LogP contribution is -2.37. The van der Waals surface area contributed by atoms with Crippen molar-refractivity contribution in [3.63, 3.8) is 0 Å². The number of rotatable bonds is 8. The van der Waals surface area contributed by atoms with Gasteiger partial charge in [-0.3, -0.25) is 9.59 Å². The highest BCUT2D eigenvalue weighted by Crippen LogP contribution is 2.23. The molecule has 0 aliphatic rings. The van der Waals surface area contributed by atoms with E-state index in [1.165, 1.54) is 4.90 Å². The first-order valence-corrected chi connectivity index (χ1v) is 9.08. The molecule has 7 nitrogen and oxygen atoms in total. The molecule has 2 aromatic carbocycles. The zero-order valence-corrected chi connectivity index (χ0v) is 16.1. The molecular formula is C20H20ClN3O4. The van der Waals surface area contributed by atoms with Gasteiger partial charge in [-0.1, -0.05) is 35.9 Å². The summed E-state index contributed by atoms with van der Waals surface area (Å²) in [7, 11) is 1.55. The summed E-state index contributed by atoms with van der Waals surface area (Å²) in [6, 6.07) is 14.0. The molecule has 0 unspecified atom stereocenters. The normalized spacial score (nSPS) is 10.8. The smallest absolute Gasteiger partial charge is 0.260 e. The first kappa shape index (κ1) is 19.9. The lowest BCUT2D eigenvalue weighted by atomic mass is 10.2. The summed E-state index contributed by atoms with van der Waals surface area (Å²) in [6.07, 6.45) is 0. The van der Waals surface area contributed by atoms with Crippen LogP contribution >= 0.6 is 11.6 Å². The maximum atomic E-state index is 12.7. The van der Waals surface area contributed by atoms with Crippen LogP contribution < -0.4 is 10.3 Å². The Kier molecular flexibility index (Phi) is 6.62. The number of methoxy groups -OCH3 is 1. The Balaban J connectivity index is 1.75. The predicted molar refractivity (Wildman–Crippen MR) is 107 cm³/mol. The van der Waals surface area contributed by atoms with E-state index in [1.54, 1.807) is 49.6 Å². The van der Waals surface area contributed by atoms with Gasteiger partial charge in [0.25, 0.3) is 11.5 Å². The lowest BCUT2D eigenvalue weighted by Gasteiger charge is -2.22. The summed E-state index contributed by atoms with van der Waals surface area (Å²) >= 11 is 6.05. The molecule has 0 atom stereocenters. The van der Waals surface area contributed by atoms with Crippen molar-refractivity contribution in [3.8, 4) is 5.75 Å². The van der Waals surface area contributed by atoms with Crippen LogP contribution in [0.15, 0.2) is 53.3 Å². The molecule has 0 bridgehead atoms. The van der Waals surface area contributed by atoms with Gasteiger partial charge < -0.3 is 19.4 Å². The molecule has 1 N–H and O–H groups in total. The van der Waals surface area contributed by atoms with Crippen LogP contribution in [0.3, 0.4) is 0 Å². The van der Waals surface area contributed by atoms with E-state index in [0.717, 1.165) is 0 Å². The van der Waals surface area contributed by atoms with Crippen LogP contribution in [0.5, 0.6) is 5.75 Å². The third-order valence-corrected chi connectivity index (χ3v) is 4.42. The average Bonchev–Trinajstić information content (AvgIpc) is 2.70. The van der Waals surface area contributed by atoms with Gasteiger partial charge >= 0.3 is 0 Å². The molecule has 0 saturated heterocycles. The van der Waals surface area contributed by atoms with Gasteiger partial charge in [-0.25, -0.2) is 4.98 Å². The number of carbonyl (C=O) groups is 1. The molecule has 1 aromatic heterocycles. The fraction of sp³-hybridized carbons (Fsp3) is 0.250. The Morgan fingerprint density at radius 3 is 2.71 bits per heavy atom. The molecule has 0 aliphatic heterocycles. The molecule has 0 aliphatic carbocycles. The monoisotopic (exact) mass is 401 g/mol. The molecular weight excluding hydrogens is 382 g/mol. The number of nitrogens with one attached hydrogen (secondary N) is 1. The number of aromatic nitrogens is 2. The third-order valence-electron chi connectivity index (χ3n) is 4.11. The number of nitrogens with zero attached hydrogens (tertiary/aromatic N) is 2. The number of hydrogen-bond donors (Lipinski definition) is 1. The van der Waals surface area contributed by atoms with E-state index in [1.807, 2.05) is 6.07 Å². The highest BCUT2D eigenvalue weighted by molar-refractivity contribution is 6.32. The fourth-order valence-corrected chi connectivity index (χ4v) is 2.87. The summed E-state index contributed by atoms with van der Waals surface area (Å²) < 4.78 is 10.6. The van der Waals surface area contributed by atoms with Crippen molar-refractivity contribution < 1.29 is 14.3 Å². The highest BCUT2D eigenvalue weighted by atomic mass is 35.5. The highest BCUT2D eigenvalue weighted by Gasteiger charge is 2.17. The van der Waals surface area contributed by atoms with Crippen molar-refractivity contribution in [2.45, 2.75) is 6.54 Å². The maximum absolute atomic E-state index is 12.7. The fourth-order valence-electron chi connectivity index (χ4n) is 2.68. The van der Waals surface area contributed by atoms with Crippen LogP contribution in [-0.4, -0.2) is 47.6 Å². The predicted octanol–water partition coefficient (Wildman–Crippen LogP) is 2.63. The second kappa shape index (κ2) is 9.34. The van der Waals surface area contributed by atoms with Gasteiger partial charge in [0, 0.05) is 13.7 Å². The van der Waals surface area contributed by atoms with Crippen LogP contribution in [0, 0.1) is 0 Å². The van der Waals surface area contributed by atoms with Gasteiger partial charge in [0.05, 0.1) is 29.1 Å². The second-order valence-electron chi connectivity index (χ2n) is 6.06. The Hall–Kier alpha value is -2.90. The standard InChI is InChI=1S/C20H20ClN3O4/c1-27-11-10-24(19(25)13-28-17-9-5-3-7-15(17)21)12-18-22-16-8-4-2-6-14(16)20(26)23-18/h2-9H,10-13H2,1H3,(H,22,23,26). The van der Waals surface area contributed by atoms with Gasteiger partial charge in [0.1, 0.15) is 11.6 Å². The van der Waals surface area contributed by atoms with Crippen molar-refractivity contribution in [2.75, 3.05) is 26.9 Å². The summed E-state index contributed by atoms with van der Waals surface area (Å²) in [5, 5.41) is 0.933. The number of para-hydroxylation sites is 2. The van der Waals surface area contributed by atoms with E-state index in [9.17, 15) is 9.59 Å². The van der Waals surface area contributed by atoms with E-state index in [-0.39, 0.29) is 24.6 Å². The summed E-state index contributed by atoms with van der Waals surface area (Å²) in [5.41, 5.74) is 0.333. The van der Waals surface area contributed by atoms with Crippen LogP contribution in [0.1, 0.15) is 5.82 Å². The van der Waals surface area contributed by atoms with Crippen molar-refractivity contribution in [1.82, 2.24) is 14.9 Å². The van der Waals surface area contributed by atoms with E-state index in [2.05, 4.69) is 9.97 Å². The quantitative estimate of drug-likeness (QED) is 0.627. The zero-order valence-electron chi connectivity index (χ0n) is 15.4. The van der Waals surface area contributed by atoms with Crippen molar-refractivity contribution in [3.05, 3.63) is 69.7 Å². The number of aromatic amines is 1. The van der Waals surface area contributed by atoms with Crippen molar-refractivity contribution in [2.24, 2.45) is 0 Å². The number of carbonyl (C=O) groups excluding carboxylic acids is 1. The minimum Gasteiger partial charge on any atom is -0.482 e. The zero-order chi connectivity index (χ0) is 19.9. The Morgan fingerprint density at radius 2 is 1.93 bits per heavy atom. The number of hydrogen-bond acceptors (Lipinski definition) is 5. The molecule has 3 aromatic rings. The molecule has 8 heteroatoms. The largest absolute Gasteiger partial charge is 0.482 e. The Labute approximate surface area is 166 Å². The number of fused-ring (bicyclic) bond motifs is 1. The average molecular weight is 402 g/mol. The molecule has 146 valence electrons. The Bertz CT molecular complexity index is 1020. The molecule has 0 saturated carbocycles. The van der Waals surface area contributed by atoms with Crippen molar-refractivity contribution in [1.29, 1.82) is 0 Å². The minimum absolute atomic E-state index is 0.133. The van der Waals surface area contributed by atoms with Crippen LogP contribution in [0.25, 0.3) is 10.9 Å². The first-order valence-electron chi connectivity index (χ1n) is 8.70. The van der Waals surface area contributed by atoms with E-state index in [4.69, 9.17) is 21.1 Å². The second-order valence-corrected chi connectivity index (χ2v) is 6.46. The molecule has 0 spiro atoms. The Morgan fingerprint density at radius 1 is 1.18 bits per heavy atom. The van der Waals surface area contributed by atoms with Gasteiger partial charge in [-0.15, -0.1) is 0 Å². The maximum Gasteiger partial charge on any atom is 0.260 e. The molecule has 1 amide bonds. The SMILES string of the molecule is COCCN(Cc1nc2ccccc2c(=O)[nH]1)C(=O)COc1ccccc1Cl. The number of amides is 1. The van der Waals surface area contributed by atoms with Crippen LogP contribution in [0.2, 0.25) is 5.02 Å².